The Labute approximate surface area is 171 Å². The van der Waals surface area contributed by atoms with Crippen molar-refractivity contribution in [2.75, 3.05) is 33.2 Å². The monoisotopic (exact) mass is 423 g/mol. The molecule has 10 heteroatoms. The molecule has 0 aromatic rings. The number of likely N-dealkylation sites (tertiary alicyclic amines) is 1. The van der Waals surface area contributed by atoms with Crippen molar-refractivity contribution in [2.24, 2.45) is 4.99 Å². The van der Waals surface area contributed by atoms with Crippen molar-refractivity contribution in [2.45, 2.75) is 77.2 Å². The maximum Gasteiger partial charge on any atom is 0.407 e. The predicted octanol–water partition coefficient (Wildman–Crippen LogP) is 2.87. The van der Waals surface area contributed by atoms with Crippen LogP contribution in [0.15, 0.2) is 4.99 Å². The molecule has 1 amide bonds. The Bertz CT molecular complexity index is 535. The molecule has 29 heavy (non-hydrogen) atoms. The Balaban J connectivity index is 2.54. The molecule has 7 nitrogen and oxygen atoms in total. The van der Waals surface area contributed by atoms with Crippen LogP contribution in [0.1, 0.15) is 53.4 Å². The SMILES string of the molecule is CCCCC(CNC(=O)OC(C)(C)C)NC(=NC)NC1CCN(CC(F)(F)F)C1. The highest BCUT2D eigenvalue weighted by Crippen LogP contribution is 2.20. The van der Waals surface area contributed by atoms with E-state index >= 15 is 0 Å². The lowest BCUT2D eigenvalue weighted by Gasteiger charge is -2.25. The van der Waals surface area contributed by atoms with Crippen LogP contribution in [-0.2, 0) is 4.74 Å². The molecule has 3 N–H and O–H groups in total. The standard InChI is InChI=1S/C19H36F3N5O2/c1-6-7-8-14(11-24-17(28)29-18(2,3)4)25-16(23-5)26-15-9-10-27(12-15)13-19(20,21)22/h14-15H,6-13H2,1-5H3,(H,24,28)(H2,23,25,26). The van der Waals surface area contributed by atoms with Gasteiger partial charge in [-0.1, -0.05) is 19.8 Å². The molecule has 0 spiro atoms. The molecule has 1 heterocycles. The number of alkyl halides is 3. The third-order valence-electron chi connectivity index (χ3n) is 4.38. The molecule has 170 valence electrons. The van der Waals surface area contributed by atoms with E-state index in [4.69, 9.17) is 4.74 Å². The lowest BCUT2D eigenvalue weighted by atomic mass is 10.1. The molecule has 1 rings (SSSR count). The Morgan fingerprint density at radius 1 is 1.31 bits per heavy atom. The summed E-state index contributed by atoms with van der Waals surface area (Å²) in [7, 11) is 1.62. The van der Waals surface area contributed by atoms with Gasteiger partial charge in [-0.25, -0.2) is 4.79 Å². The fourth-order valence-corrected chi connectivity index (χ4v) is 3.10. The zero-order valence-corrected chi connectivity index (χ0v) is 18.2. The quantitative estimate of drug-likeness (QED) is 0.413. The molecule has 0 aromatic carbocycles. The maximum atomic E-state index is 12.6. The van der Waals surface area contributed by atoms with Crippen molar-refractivity contribution in [3.8, 4) is 0 Å². The molecule has 1 fully saturated rings. The lowest BCUT2D eigenvalue weighted by Crippen LogP contribution is -2.51. The molecule has 0 saturated carbocycles. The number of aliphatic imine (C=N–C) groups is 1. The van der Waals surface area contributed by atoms with Crippen molar-refractivity contribution in [3.63, 3.8) is 0 Å². The maximum absolute atomic E-state index is 12.6. The number of unbranched alkanes of at least 4 members (excludes halogenated alkanes) is 1. The third kappa shape index (κ3) is 11.8. The number of alkyl carbamates (subject to hydrolysis) is 1. The number of ether oxygens (including phenoxy) is 1. The summed E-state index contributed by atoms with van der Waals surface area (Å²) in [6, 6.07) is -0.171. The van der Waals surface area contributed by atoms with Crippen molar-refractivity contribution < 1.29 is 22.7 Å². The number of rotatable bonds is 8. The van der Waals surface area contributed by atoms with E-state index in [1.807, 2.05) is 0 Å². The minimum absolute atomic E-state index is 0.0682. The van der Waals surface area contributed by atoms with Crippen LogP contribution in [0.3, 0.4) is 0 Å². The second-order valence-corrected chi connectivity index (χ2v) is 8.42. The minimum Gasteiger partial charge on any atom is -0.444 e. The summed E-state index contributed by atoms with van der Waals surface area (Å²) in [4.78, 5) is 17.5. The summed E-state index contributed by atoms with van der Waals surface area (Å²) in [5, 5.41) is 9.24. The molecule has 1 aliphatic rings. The number of nitrogens with zero attached hydrogens (tertiary/aromatic N) is 2. The topological polar surface area (TPSA) is 78.0 Å². The minimum atomic E-state index is -4.19. The van der Waals surface area contributed by atoms with Crippen LogP contribution in [0.5, 0.6) is 0 Å². The Morgan fingerprint density at radius 3 is 2.55 bits per heavy atom. The van der Waals surface area contributed by atoms with Gasteiger partial charge in [0.2, 0.25) is 0 Å². The fourth-order valence-electron chi connectivity index (χ4n) is 3.10. The average molecular weight is 424 g/mol. The van der Waals surface area contributed by atoms with E-state index in [0.717, 1.165) is 19.3 Å². The number of carbonyl (C=O) groups is 1. The average Bonchev–Trinajstić information content (AvgIpc) is 2.99. The van der Waals surface area contributed by atoms with Crippen LogP contribution in [0.4, 0.5) is 18.0 Å². The summed E-state index contributed by atoms with van der Waals surface area (Å²) >= 11 is 0. The van der Waals surface area contributed by atoms with Gasteiger partial charge in [0, 0.05) is 38.8 Å². The molecule has 1 aliphatic heterocycles. The van der Waals surface area contributed by atoms with Crippen LogP contribution in [0.25, 0.3) is 0 Å². The summed E-state index contributed by atoms with van der Waals surface area (Å²) < 4.78 is 43.0. The zero-order valence-electron chi connectivity index (χ0n) is 18.2. The van der Waals surface area contributed by atoms with Crippen LogP contribution < -0.4 is 16.0 Å². The van der Waals surface area contributed by atoms with Crippen LogP contribution in [0, 0.1) is 0 Å². The molecule has 1 saturated heterocycles. The van der Waals surface area contributed by atoms with Crippen molar-refractivity contribution in [1.29, 1.82) is 0 Å². The van der Waals surface area contributed by atoms with E-state index < -0.39 is 24.4 Å². The van der Waals surface area contributed by atoms with Gasteiger partial charge in [0.1, 0.15) is 5.60 Å². The van der Waals surface area contributed by atoms with Crippen molar-refractivity contribution in [1.82, 2.24) is 20.9 Å². The largest absolute Gasteiger partial charge is 0.444 e. The second-order valence-electron chi connectivity index (χ2n) is 8.42. The second kappa shape index (κ2) is 11.5. The number of nitrogens with one attached hydrogen (secondary N) is 3. The van der Waals surface area contributed by atoms with E-state index in [2.05, 4.69) is 27.9 Å². The predicted molar refractivity (Wildman–Crippen MR) is 108 cm³/mol. The Morgan fingerprint density at radius 2 is 2.00 bits per heavy atom. The van der Waals surface area contributed by atoms with Crippen LogP contribution in [-0.4, -0.2) is 74.0 Å². The van der Waals surface area contributed by atoms with Crippen LogP contribution >= 0.6 is 0 Å². The van der Waals surface area contributed by atoms with Gasteiger partial charge in [-0.15, -0.1) is 0 Å². The molecule has 0 radical (unpaired) electrons. The first-order valence-corrected chi connectivity index (χ1v) is 10.2. The summed E-state index contributed by atoms with van der Waals surface area (Å²) in [6.07, 6.45) is -1.26. The van der Waals surface area contributed by atoms with Gasteiger partial charge in [-0.05, 0) is 33.6 Å². The molecular weight excluding hydrogens is 387 g/mol. The van der Waals surface area contributed by atoms with Crippen molar-refractivity contribution in [3.05, 3.63) is 0 Å². The van der Waals surface area contributed by atoms with E-state index in [9.17, 15) is 18.0 Å². The van der Waals surface area contributed by atoms with Crippen molar-refractivity contribution >= 4 is 12.1 Å². The highest BCUT2D eigenvalue weighted by atomic mass is 19.4. The molecule has 0 aliphatic carbocycles. The van der Waals surface area contributed by atoms with Gasteiger partial charge in [0.05, 0.1) is 6.54 Å². The van der Waals surface area contributed by atoms with Crippen LogP contribution in [0.2, 0.25) is 0 Å². The fraction of sp³-hybridized carbons (Fsp3) is 0.895. The molecular formula is C19H36F3N5O2. The van der Waals surface area contributed by atoms with Gasteiger partial charge < -0.3 is 20.7 Å². The first kappa shape index (κ1) is 25.3. The van der Waals surface area contributed by atoms with Gasteiger partial charge in [0.15, 0.2) is 5.96 Å². The van der Waals surface area contributed by atoms with Gasteiger partial charge in [-0.2, -0.15) is 13.2 Å². The smallest absolute Gasteiger partial charge is 0.407 e. The number of hydrogen-bond acceptors (Lipinski definition) is 4. The van der Waals surface area contributed by atoms with E-state index in [1.165, 1.54) is 4.90 Å². The number of hydrogen-bond donors (Lipinski definition) is 3. The van der Waals surface area contributed by atoms with Gasteiger partial charge in [-0.3, -0.25) is 9.89 Å². The number of carbonyl (C=O) groups excluding carboxylic acids is 1. The van der Waals surface area contributed by atoms with Gasteiger partial charge >= 0.3 is 12.3 Å². The third-order valence-corrected chi connectivity index (χ3v) is 4.38. The first-order valence-electron chi connectivity index (χ1n) is 10.2. The summed E-state index contributed by atoms with van der Waals surface area (Å²) in [5.41, 5.74) is -0.571. The highest BCUT2D eigenvalue weighted by molar-refractivity contribution is 5.80. The number of amides is 1. The summed E-state index contributed by atoms with van der Waals surface area (Å²) in [5.74, 6) is 0.524. The van der Waals surface area contributed by atoms with E-state index in [-0.39, 0.29) is 12.1 Å². The molecule has 2 atom stereocenters. The molecule has 2 unspecified atom stereocenters. The van der Waals surface area contributed by atoms with E-state index in [0.29, 0.717) is 32.0 Å². The normalized spacial score (nSPS) is 19.7. The molecule has 0 bridgehead atoms. The summed E-state index contributed by atoms with van der Waals surface area (Å²) in [6.45, 7) is 7.66. The lowest BCUT2D eigenvalue weighted by molar-refractivity contribution is -0.143. The highest BCUT2D eigenvalue weighted by Gasteiger charge is 2.34. The number of guanidine groups is 1. The Kier molecular flexibility index (Phi) is 10.0. The van der Waals surface area contributed by atoms with Gasteiger partial charge in [0.25, 0.3) is 0 Å². The number of halogens is 3. The Hall–Kier alpha value is -1.71. The molecule has 0 aromatic heterocycles. The van der Waals surface area contributed by atoms with E-state index in [1.54, 1.807) is 27.8 Å². The first-order chi connectivity index (χ1) is 13.4. The zero-order chi connectivity index (χ0) is 22.1.